The Morgan fingerprint density at radius 1 is 1.22 bits per heavy atom. The molecule has 0 radical (unpaired) electrons. The van der Waals surface area contributed by atoms with Gasteiger partial charge in [-0.15, -0.1) is 0 Å². The maximum Gasteiger partial charge on any atom is 0.0571 e. The van der Waals surface area contributed by atoms with E-state index in [0.29, 0.717) is 0 Å². The van der Waals surface area contributed by atoms with Crippen LogP contribution in [-0.4, -0.2) is 4.98 Å². The van der Waals surface area contributed by atoms with E-state index in [-0.39, 0.29) is 6.04 Å². The van der Waals surface area contributed by atoms with Crippen molar-refractivity contribution in [3.05, 3.63) is 53.9 Å². The minimum absolute atomic E-state index is 0.0440. The molecule has 0 saturated carbocycles. The SMILES string of the molecule is CCC(N)c1ccc(Sc2ccccc2C)cn1. The van der Waals surface area contributed by atoms with Gasteiger partial charge in [0.15, 0.2) is 0 Å². The zero-order chi connectivity index (χ0) is 13.0. The van der Waals surface area contributed by atoms with Crippen LogP contribution in [0.5, 0.6) is 0 Å². The first-order valence-electron chi connectivity index (χ1n) is 6.15. The molecule has 1 aromatic heterocycles. The Labute approximate surface area is 113 Å². The summed E-state index contributed by atoms with van der Waals surface area (Å²) in [5.74, 6) is 0. The molecule has 1 aromatic carbocycles. The third kappa shape index (κ3) is 3.12. The number of benzene rings is 1. The van der Waals surface area contributed by atoms with E-state index in [1.807, 2.05) is 12.3 Å². The van der Waals surface area contributed by atoms with Gasteiger partial charge < -0.3 is 5.73 Å². The van der Waals surface area contributed by atoms with Gasteiger partial charge >= 0.3 is 0 Å². The van der Waals surface area contributed by atoms with Gasteiger partial charge in [0.05, 0.1) is 5.69 Å². The number of nitrogens with zero attached hydrogens (tertiary/aromatic N) is 1. The maximum absolute atomic E-state index is 5.95. The first-order valence-corrected chi connectivity index (χ1v) is 6.97. The van der Waals surface area contributed by atoms with E-state index in [9.17, 15) is 0 Å². The molecule has 3 heteroatoms. The number of hydrogen-bond donors (Lipinski definition) is 1. The van der Waals surface area contributed by atoms with Crippen LogP contribution in [0.2, 0.25) is 0 Å². The second kappa shape index (κ2) is 6.03. The third-order valence-corrected chi connectivity index (χ3v) is 4.06. The zero-order valence-electron chi connectivity index (χ0n) is 10.8. The van der Waals surface area contributed by atoms with E-state index in [1.165, 1.54) is 10.5 Å². The van der Waals surface area contributed by atoms with Gasteiger partial charge in [0.1, 0.15) is 0 Å². The second-order valence-electron chi connectivity index (χ2n) is 4.30. The van der Waals surface area contributed by atoms with Crippen molar-refractivity contribution in [2.24, 2.45) is 5.73 Å². The first-order chi connectivity index (χ1) is 8.70. The van der Waals surface area contributed by atoms with E-state index < -0.39 is 0 Å². The van der Waals surface area contributed by atoms with Crippen LogP contribution in [0.25, 0.3) is 0 Å². The molecule has 94 valence electrons. The molecule has 0 aliphatic heterocycles. The second-order valence-corrected chi connectivity index (χ2v) is 5.42. The fraction of sp³-hybridized carbons (Fsp3) is 0.267. The molecule has 0 aliphatic carbocycles. The van der Waals surface area contributed by atoms with Gasteiger partial charge in [0, 0.05) is 22.0 Å². The molecule has 2 aromatic rings. The predicted octanol–water partition coefficient (Wildman–Crippen LogP) is 3.95. The number of hydrogen-bond acceptors (Lipinski definition) is 3. The zero-order valence-corrected chi connectivity index (χ0v) is 11.6. The Morgan fingerprint density at radius 3 is 2.61 bits per heavy atom. The molecule has 1 heterocycles. The summed E-state index contributed by atoms with van der Waals surface area (Å²) in [6, 6.07) is 12.5. The lowest BCUT2D eigenvalue weighted by Gasteiger charge is -2.09. The van der Waals surface area contributed by atoms with Gasteiger partial charge in [0.2, 0.25) is 0 Å². The van der Waals surface area contributed by atoms with Crippen LogP contribution < -0.4 is 5.73 Å². The fourth-order valence-corrected chi connectivity index (χ4v) is 2.55. The summed E-state index contributed by atoms with van der Waals surface area (Å²) in [5, 5.41) is 0. The summed E-state index contributed by atoms with van der Waals surface area (Å²) in [5.41, 5.74) is 8.20. The van der Waals surface area contributed by atoms with Crippen LogP contribution in [0.15, 0.2) is 52.4 Å². The Morgan fingerprint density at radius 2 is 2.00 bits per heavy atom. The Bertz CT molecular complexity index is 508. The Balaban J connectivity index is 2.14. The number of aromatic nitrogens is 1. The fourth-order valence-electron chi connectivity index (χ4n) is 1.68. The van der Waals surface area contributed by atoms with Crippen LogP contribution in [-0.2, 0) is 0 Å². The van der Waals surface area contributed by atoms with Crippen molar-refractivity contribution < 1.29 is 0 Å². The molecule has 0 spiro atoms. The normalized spacial score (nSPS) is 12.4. The van der Waals surface area contributed by atoms with Crippen LogP contribution in [0.1, 0.15) is 30.6 Å². The van der Waals surface area contributed by atoms with Gasteiger partial charge in [0.25, 0.3) is 0 Å². The van der Waals surface area contributed by atoms with Gasteiger partial charge in [-0.1, -0.05) is 36.9 Å². The molecule has 2 N–H and O–H groups in total. The van der Waals surface area contributed by atoms with Crippen molar-refractivity contribution in [1.29, 1.82) is 0 Å². The van der Waals surface area contributed by atoms with Crippen molar-refractivity contribution in [3.63, 3.8) is 0 Å². The van der Waals surface area contributed by atoms with Gasteiger partial charge in [-0.25, -0.2) is 0 Å². The van der Waals surface area contributed by atoms with Crippen LogP contribution >= 0.6 is 11.8 Å². The number of aryl methyl sites for hydroxylation is 1. The summed E-state index contributed by atoms with van der Waals surface area (Å²) in [6.45, 7) is 4.19. The van der Waals surface area contributed by atoms with Gasteiger partial charge in [-0.2, -0.15) is 0 Å². The summed E-state index contributed by atoms with van der Waals surface area (Å²) >= 11 is 1.74. The molecule has 2 rings (SSSR count). The largest absolute Gasteiger partial charge is 0.323 e. The van der Waals surface area contributed by atoms with Crippen LogP contribution in [0.4, 0.5) is 0 Å². The first kappa shape index (κ1) is 13.1. The molecule has 0 saturated heterocycles. The van der Waals surface area contributed by atoms with E-state index in [4.69, 9.17) is 5.73 Å². The average Bonchev–Trinajstić information content (AvgIpc) is 2.41. The molecule has 1 unspecified atom stereocenters. The minimum Gasteiger partial charge on any atom is -0.323 e. The minimum atomic E-state index is 0.0440. The number of nitrogens with two attached hydrogens (primary N) is 1. The van der Waals surface area contributed by atoms with E-state index in [0.717, 1.165) is 17.0 Å². The summed E-state index contributed by atoms with van der Waals surface area (Å²) in [7, 11) is 0. The van der Waals surface area contributed by atoms with E-state index in [1.54, 1.807) is 11.8 Å². The van der Waals surface area contributed by atoms with Crippen molar-refractivity contribution in [1.82, 2.24) is 4.98 Å². The van der Waals surface area contributed by atoms with Crippen LogP contribution in [0.3, 0.4) is 0 Å². The molecule has 0 bridgehead atoms. The molecular weight excluding hydrogens is 240 g/mol. The molecule has 18 heavy (non-hydrogen) atoms. The lowest BCUT2D eigenvalue weighted by molar-refractivity contribution is 0.674. The van der Waals surface area contributed by atoms with E-state index in [2.05, 4.69) is 49.2 Å². The average molecular weight is 258 g/mol. The van der Waals surface area contributed by atoms with Gasteiger partial charge in [-0.3, -0.25) is 4.98 Å². The summed E-state index contributed by atoms with van der Waals surface area (Å²) in [4.78, 5) is 6.85. The Kier molecular flexibility index (Phi) is 4.39. The number of rotatable bonds is 4. The van der Waals surface area contributed by atoms with Crippen molar-refractivity contribution >= 4 is 11.8 Å². The number of pyridine rings is 1. The van der Waals surface area contributed by atoms with Crippen molar-refractivity contribution in [3.8, 4) is 0 Å². The highest BCUT2D eigenvalue weighted by atomic mass is 32.2. The lowest BCUT2D eigenvalue weighted by Crippen LogP contribution is -2.10. The third-order valence-electron chi connectivity index (χ3n) is 2.90. The highest BCUT2D eigenvalue weighted by Crippen LogP contribution is 2.29. The predicted molar refractivity (Wildman–Crippen MR) is 76.8 cm³/mol. The summed E-state index contributed by atoms with van der Waals surface area (Å²) < 4.78 is 0. The Hall–Kier alpha value is -1.32. The van der Waals surface area contributed by atoms with Crippen molar-refractivity contribution in [2.75, 3.05) is 0 Å². The summed E-state index contributed by atoms with van der Waals surface area (Å²) in [6.07, 6.45) is 2.82. The molecule has 0 aliphatic rings. The highest BCUT2D eigenvalue weighted by Gasteiger charge is 2.05. The molecule has 0 fully saturated rings. The van der Waals surface area contributed by atoms with Gasteiger partial charge in [-0.05, 0) is 37.1 Å². The monoisotopic (exact) mass is 258 g/mol. The lowest BCUT2D eigenvalue weighted by atomic mass is 10.1. The van der Waals surface area contributed by atoms with Crippen LogP contribution in [0, 0.1) is 6.92 Å². The smallest absolute Gasteiger partial charge is 0.0571 e. The topological polar surface area (TPSA) is 38.9 Å². The molecular formula is C15H18N2S. The van der Waals surface area contributed by atoms with E-state index >= 15 is 0 Å². The maximum atomic E-state index is 5.95. The quantitative estimate of drug-likeness (QED) is 0.902. The molecule has 0 amide bonds. The molecule has 1 atom stereocenters. The molecule has 2 nitrogen and oxygen atoms in total. The highest BCUT2D eigenvalue weighted by molar-refractivity contribution is 7.99. The van der Waals surface area contributed by atoms with Crippen molar-refractivity contribution in [2.45, 2.75) is 36.1 Å². The standard InChI is InChI=1S/C15H18N2S/c1-3-13(16)14-9-8-12(10-17-14)18-15-7-5-4-6-11(15)2/h4-10,13H,3,16H2,1-2H3.